The number of anilines is 1. The first kappa shape index (κ1) is 11.8. The van der Waals surface area contributed by atoms with E-state index in [2.05, 4.69) is 27.5 Å². The van der Waals surface area contributed by atoms with Gasteiger partial charge in [-0.05, 0) is 18.6 Å². The first-order chi connectivity index (χ1) is 9.28. The third-order valence-corrected chi connectivity index (χ3v) is 3.31. The maximum absolute atomic E-state index is 11.8. The van der Waals surface area contributed by atoms with Crippen molar-refractivity contribution in [3.05, 3.63) is 30.0 Å². The third kappa shape index (κ3) is 2.22. The van der Waals surface area contributed by atoms with Crippen molar-refractivity contribution in [3.63, 3.8) is 0 Å². The van der Waals surface area contributed by atoms with E-state index >= 15 is 0 Å². The van der Waals surface area contributed by atoms with E-state index in [1.807, 2.05) is 0 Å². The highest BCUT2D eigenvalue weighted by molar-refractivity contribution is 7.20. The van der Waals surface area contributed by atoms with Gasteiger partial charge in [-0.3, -0.25) is 10.1 Å². The van der Waals surface area contributed by atoms with Gasteiger partial charge in [0.05, 0.1) is 6.26 Å². The minimum Gasteiger partial charge on any atom is -0.459 e. The maximum atomic E-state index is 11.8. The molecule has 1 N–H and O–H groups in total. The first-order valence-electron chi connectivity index (χ1n) is 5.84. The SMILES string of the molecule is CCCc1nnc2sc(NC(=O)c3ccco3)nn12. The Morgan fingerprint density at radius 2 is 2.42 bits per heavy atom. The van der Waals surface area contributed by atoms with Gasteiger partial charge in [-0.25, -0.2) is 0 Å². The zero-order valence-electron chi connectivity index (χ0n) is 10.2. The molecule has 3 aromatic heterocycles. The largest absolute Gasteiger partial charge is 0.459 e. The highest BCUT2D eigenvalue weighted by atomic mass is 32.1. The number of carbonyl (C=O) groups is 1. The van der Waals surface area contributed by atoms with E-state index in [-0.39, 0.29) is 11.7 Å². The predicted octanol–water partition coefficient (Wildman–Crippen LogP) is 1.98. The maximum Gasteiger partial charge on any atom is 0.293 e. The van der Waals surface area contributed by atoms with Gasteiger partial charge in [0.1, 0.15) is 0 Å². The molecule has 0 aromatic carbocycles. The summed E-state index contributed by atoms with van der Waals surface area (Å²) in [6.45, 7) is 2.06. The van der Waals surface area contributed by atoms with Crippen molar-refractivity contribution >= 4 is 27.3 Å². The monoisotopic (exact) mass is 277 g/mol. The summed E-state index contributed by atoms with van der Waals surface area (Å²) in [4.78, 5) is 12.5. The molecule has 0 saturated carbocycles. The summed E-state index contributed by atoms with van der Waals surface area (Å²) >= 11 is 1.27. The number of rotatable bonds is 4. The molecule has 3 aromatic rings. The molecule has 98 valence electrons. The van der Waals surface area contributed by atoms with Crippen molar-refractivity contribution < 1.29 is 9.21 Å². The van der Waals surface area contributed by atoms with E-state index in [4.69, 9.17) is 4.42 Å². The molecular formula is C11H11N5O2S. The molecule has 1 amide bonds. The Labute approximate surface area is 112 Å². The number of amides is 1. The Morgan fingerprint density at radius 1 is 1.53 bits per heavy atom. The summed E-state index contributed by atoms with van der Waals surface area (Å²) in [5.41, 5.74) is 0. The summed E-state index contributed by atoms with van der Waals surface area (Å²) in [5, 5.41) is 15.5. The summed E-state index contributed by atoms with van der Waals surface area (Å²) in [5.74, 6) is 0.721. The Balaban J connectivity index is 1.84. The summed E-state index contributed by atoms with van der Waals surface area (Å²) in [6, 6.07) is 3.25. The predicted molar refractivity (Wildman–Crippen MR) is 69.3 cm³/mol. The molecule has 0 spiro atoms. The molecule has 3 rings (SSSR count). The molecule has 0 aliphatic heterocycles. The van der Waals surface area contributed by atoms with Crippen LogP contribution in [0.25, 0.3) is 4.96 Å². The van der Waals surface area contributed by atoms with Crippen LogP contribution in [0.3, 0.4) is 0 Å². The number of aryl methyl sites for hydroxylation is 1. The van der Waals surface area contributed by atoms with E-state index in [1.165, 1.54) is 17.6 Å². The van der Waals surface area contributed by atoms with E-state index < -0.39 is 0 Å². The lowest BCUT2D eigenvalue weighted by atomic mass is 10.3. The molecule has 0 radical (unpaired) electrons. The van der Waals surface area contributed by atoms with Gasteiger partial charge < -0.3 is 4.42 Å². The van der Waals surface area contributed by atoms with Gasteiger partial charge >= 0.3 is 0 Å². The van der Waals surface area contributed by atoms with Crippen LogP contribution in [0.2, 0.25) is 0 Å². The molecule has 0 aliphatic rings. The van der Waals surface area contributed by atoms with Gasteiger partial charge in [-0.15, -0.1) is 15.3 Å². The Bertz CT molecular complexity index is 700. The highest BCUT2D eigenvalue weighted by Gasteiger charge is 2.14. The van der Waals surface area contributed by atoms with Crippen LogP contribution < -0.4 is 5.32 Å². The molecule has 0 aliphatic carbocycles. The normalized spacial score (nSPS) is 11.0. The number of hydrogen-bond donors (Lipinski definition) is 1. The van der Waals surface area contributed by atoms with Crippen molar-refractivity contribution in [2.24, 2.45) is 0 Å². The van der Waals surface area contributed by atoms with Gasteiger partial charge in [0.15, 0.2) is 11.6 Å². The number of furan rings is 1. The molecule has 0 fully saturated rings. The first-order valence-corrected chi connectivity index (χ1v) is 6.65. The Kier molecular flexibility index (Phi) is 3.00. The average molecular weight is 277 g/mol. The number of aromatic nitrogens is 4. The van der Waals surface area contributed by atoms with Crippen LogP contribution in [0.1, 0.15) is 29.7 Å². The minimum absolute atomic E-state index is 0.250. The van der Waals surface area contributed by atoms with Crippen molar-refractivity contribution in [1.29, 1.82) is 0 Å². The smallest absolute Gasteiger partial charge is 0.293 e. The number of nitrogens with one attached hydrogen (secondary N) is 1. The highest BCUT2D eigenvalue weighted by Crippen LogP contribution is 2.19. The second-order valence-electron chi connectivity index (χ2n) is 3.90. The van der Waals surface area contributed by atoms with Crippen molar-refractivity contribution in [3.8, 4) is 0 Å². The van der Waals surface area contributed by atoms with Crippen molar-refractivity contribution in [2.45, 2.75) is 19.8 Å². The molecule has 0 unspecified atom stereocenters. The van der Waals surface area contributed by atoms with Gasteiger partial charge in [0.2, 0.25) is 10.1 Å². The minimum atomic E-state index is -0.327. The second-order valence-corrected chi connectivity index (χ2v) is 4.86. The zero-order chi connectivity index (χ0) is 13.2. The van der Waals surface area contributed by atoms with Gasteiger partial charge in [0, 0.05) is 6.42 Å². The average Bonchev–Trinajstić information content (AvgIpc) is 3.07. The van der Waals surface area contributed by atoms with E-state index in [0.29, 0.717) is 10.1 Å². The molecule has 3 heterocycles. The van der Waals surface area contributed by atoms with Crippen LogP contribution >= 0.6 is 11.3 Å². The lowest BCUT2D eigenvalue weighted by molar-refractivity contribution is 0.0996. The number of nitrogens with zero attached hydrogens (tertiary/aromatic N) is 4. The van der Waals surface area contributed by atoms with Crippen molar-refractivity contribution in [1.82, 2.24) is 19.8 Å². The van der Waals surface area contributed by atoms with Gasteiger partial charge in [-0.1, -0.05) is 18.3 Å². The molecule has 0 bridgehead atoms. The Morgan fingerprint density at radius 3 is 3.16 bits per heavy atom. The molecule has 7 nitrogen and oxygen atoms in total. The van der Waals surface area contributed by atoms with Crippen LogP contribution in [0.15, 0.2) is 22.8 Å². The van der Waals surface area contributed by atoms with Crippen LogP contribution in [0.5, 0.6) is 0 Å². The number of fused-ring (bicyclic) bond motifs is 1. The van der Waals surface area contributed by atoms with Crippen LogP contribution in [-0.4, -0.2) is 25.7 Å². The summed E-state index contributed by atoms with van der Waals surface area (Å²) in [6.07, 6.45) is 3.22. The summed E-state index contributed by atoms with van der Waals surface area (Å²) < 4.78 is 6.67. The summed E-state index contributed by atoms with van der Waals surface area (Å²) in [7, 11) is 0. The fourth-order valence-electron chi connectivity index (χ4n) is 1.65. The molecule has 0 atom stereocenters. The third-order valence-electron chi connectivity index (χ3n) is 2.49. The van der Waals surface area contributed by atoms with Gasteiger partial charge in [0.25, 0.3) is 5.91 Å². The Hall–Kier alpha value is -2.22. The van der Waals surface area contributed by atoms with E-state index in [9.17, 15) is 4.79 Å². The zero-order valence-corrected chi connectivity index (χ0v) is 11.0. The molecule has 8 heteroatoms. The molecule has 0 saturated heterocycles. The lowest BCUT2D eigenvalue weighted by Gasteiger charge is -1.96. The number of carbonyl (C=O) groups excluding carboxylic acids is 1. The van der Waals surface area contributed by atoms with E-state index in [1.54, 1.807) is 16.6 Å². The second kappa shape index (κ2) is 4.81. The number of hydrogen-bond acceptors (Lipinski definition) is 6. The van der Waals surface area contributed by atoms with Crippen LogP contribution in [-0.2, 0) is 6.42 Å². The van der Waals surface area contributed by atoms with E-state index in [0.717, 1.165) is 18.7 Å². The fraction of sp³-hybridized carbons (Fsp3) is 0.273. The van der Waals surface area contributed by atoms with Crippen LogP contribution in [0.4, 0.5) is 5.13 Å². The van der Waals surface area contributed by atoms with Crippen molar-refractivity contribution in [2.75, 3.05) is 5.32 Å². The standard InChI is InChI=1S/C11H11N5O2S/c1-2-4-8-13-14-11-16(8)15-10(19-11)12-9(17)7-5-3-6-18-7/h3,5-6H,2,4H2,1H3,(H,12,15,17). The quantitative estimate of drug-likeness (QED) is 0.788. The topological polar surface area (TPSA) is 85.3 Å². The lowest BCUT2D eigenvalue weighted by Crippen LogP contribution is -2.11. The molecule has 19 heavy (non-hydrogen) atoms. The van der Waals surface area contributed by atoms with Crippen LogP contribution in [0, 0.1) is 0 Å². The molecular weight excluding hydrogens is 266 g/mol. The van der Waals surface area contributed by atoms with Gasteiger partial charge in [-0.2, -0.15) is 4.52 Å². The fourth-order valence-corrected chi connectivity index (χ4v) is 2.41.